The molecule has 2 rings (SSSR count). The zero-order chi connectivity index (χ0) is 15.9. The summed E-state index contributed by atoms with van der Waals surface area (Å²) >= 11 is 0. The van der Waals surface area contributed by atoms with Crippen molar-refractivity contribution in [1.29, 1.82) is 0 Å². The lowest BCUT2D eigenvalue weighted by Crippen LogP contribution is -2.32. The molecule has 0 spiro atoms. The number of amides is 2. The first-order chi connectivity index (χ1) is 10.6. The average molecular weight is 298 g/mol. The molecule has 0 fully saturated rings. The molecule has 2 aromatic carbocycles. The quantitative estimate of drug-likeness (QED) is 0.783. The Labute approximate surface area is 126 Å². The number of aromatic carboxylic acids is 1. The van der Waals surface area contributed by atoms with Crippen LogP contribution in [0.3, 0.4) is 0 Å². The van der Waals surface area contributed by atoms with Gasteiger partial charge in [0.1, 0.15) is 0 Å². The van der Waals surface area contributed by atoms with Crippen molar-refractivity contribution in [1.82, 2.24) is 5.32 Å². The maximum absolute atomic E-state index is 11.8. The van der Waals surface area contributed by atoms with Crippen LogP contribution in [0.25, 0.3) is 0 Å². The van der Waals surface area contributed by atoms with Gasteiger partial charge in [-0.15, -0.1) is 0 Å². The molecule has 0 aliphatic heterocycles. The van der Waals surface area contributed by atoms with E-state index in [1.165, 1.54) is 18.2 Å². The minimum absolute atomic E-state index is 0.0751. The summed E-state index contributed by atoms with van der Waals surface area (Å²) in [7, 11) is 0. The van der Waals surface area contributed by atoms with Gasteiger partial charge < -0.3 is 15.7 Å². The van der Waals surface area contributed by atoms with Gasteiger partial charge in [0.15, 0.2) is 0 Å². The van der Waals surface area contributed by atoms with E-state index in [4.69, 9.17) is 5.11 Å². The number of nitrogens with one attached hydrogen (secondary N) is 2. The van der Waals surface area contributed by atoms with E-state index >= 15 is 0 Å². The van der Waals surface area contributed by atoms with Gasteiger partial charge in [-0.3, -0.25) is 9.59 Å². The molecule has 0 unspecified atom stereocenters. The molecule has 0 radical (unpaired) electrons. The number of hydrogen-bond acceptors (Lipinski definition) is 3. The highest BCUT2D eigenvalue weighted by Crippen LogP contribution is 2.10. The highest BCUT2D eigenvalue weighted by atomic mass is 16.4. The molecule has 0 aliphatic rings. The number of rotatable bonds is 5. The highest BCUT2D eigenvalue weighted by Gasteiger charge is 2.09. The van der Waals surface area contributed by atoms with Crippen molar-refractivity contribution < 1.29 is 19.5 Å². The smallest absolute Gasteiger partial charge is 0.335 e. The second-order valence-electron chi connectivity index (χ2n) is 4.48. The van der Waals surface area contributed by atoms with Gasteiger partial charge in [0, 0.05) is 11.3 Å². The van der Waals surface area contributed by atoms with Crippen LogP contribution in [0.15, 0.2) is 54.6 Å². The van der Waals surface area contributed by atoms with Crippen LogP contribution in [0, 0.1) is 0 Å². The van der Waals surface area contributed by atoms with Crippen LogP contribution in [0.1, 0.15) is 20.7 Å². The lowest BCUT2D eigenvalue weighted by Gasteiger charge is -2.07. The Kier molecular flexibility index (Phi) is 4.87. The first-order valence-corrected chi connectivity index (χ1v) is 6.53. The molecule has 0 aromatic heterocycles. The molecule has 112 valence electrons. The molecule has 0 heterocycles. The molecule has 2 aromatic rings. The Morgan fingerprint density at radius 2 is 1.59 bits per heavy atom. The maximum Gasteiger partial charge on any atom is 0.335 e. The zero-order valence-corrected chi connectivity index (χ0v) is 11.6. The summed E-state index contributed by atoms with van der Waals surface area (Å²) in [6.07, 6.45) is 0. The molecule has 6 heteroatoms. The minimum Gasteiger partial charge on any atom is -0.478 e. The van der Waals surface area contributed by atoms with Crippen molar-refractivity contribution in [2.45, 2.75) is 0 Å². The summed E-state index contributed by atoms with van der Waals surface area (Å²) < 4.78 is 0. The summed E-state index contributed by atoms with van der Waals surface area (Å²) in [5, 5.41) is 13.9. The average Bonchev–Trinajstić information content (AvgIpc) is 2.53. The number of benzene rings is 2. The molecule has 3 N–H and O–H groups in total. The Morgan fingerprint density at radius 3 is 2.27 bits per heavy atom. The maximum atomic E-state index is 11.8. The predicted octanol–water partition coefficient (Wildman–Crippen LogP) is 1.75. The van der Waals surface area contributed by atoms with Gasteiger partial charge in [0.2, 0.25) is 5.91 Å². The molecule has 0 saturated heterocycles. The van der Waals surface area contributed by atoms with E-state index in [0.29, 0.717) is 11.3 Å². The highest BCUT2D eigenvalue weighted by molar-refractivity contribution is 5.99. The summed E-state index contributed by atoms with van der Waals surface area (Å²) in [6.45, 7) is -0.203. The fourth-order valence-electron chi connectivity index (χ4n) is 1.79. The van der Waals surface area contributed by atoms with Crippen molar-refractivity contribution in [3.63, 3.8) is 0 Å². The third-order valence-electron chi connectivity index (χ3n) is 2.84. The third kappa shape index (κ3) is 4.17. The molecule has 0 aliphatic carbocycles. The van der Waals surface area contributed by atoms with E-state index in [1.54, 1.807) is 36.4 Å². The fourth-order valence-corrected chi connectivity index (χ4v) is 1.79. The minimum atomic E-state index is -1.08. The standard InChI is InChI=1S/C16H14N2O4/c19-14(10-17-15(20)11-5-2-1-3-6-11)18-13-8-4-7-12(9-13)16(21)22/h1-9H,10H2,(H,17,20)(H,18,19)(H,21,22). The van der Waals surface area contributed by atoms with Crippen molar-refractivity contribution >= 4 is 23.5 Å². The molecule has 0 bridgehead atoms. The molecule has 22 heavy (non-hydrogen) atoms. The Bertz CT molecular complexity index is 698. The number of carbonyl (C=O) groups is 3. The molecule has 6 nitrogen and oxygen atoms in total. The molecule has 0 saturated carbocycles. The van der Waals surface area contributed by atoms with E-state index < -0.39 is 11.9 Å². The Hall–Kier alpha value is -3.15. The molecule has 0 atom stereocenters. The van der Waals surface area contributed by atoms with Crippen molar-refractivity contribution in [2.24, 2.45) is 0 Å². The van der Waals surface area contributed by atoms with Gasteiger partial charge in [0.05, 0.1) is 12.1 Å². The van der Waals surface area contributed by atoms with E-state index in [9.17, 15) is 14.4 Å². The Balaban J connectivity index is 1.89. The van der Waals surface area contributed by atoms with Crippen LogP contribution < -0.4 is 10.6 Å². The second-order valence-corrected chi connectivity index (χ2v) is 4.48. The van der Waals surface area contributed by atoms with Crippen LogP contribution in [0.4, 0.5) is 5.69 Å². The van der Waals surface area contributed by atoms with Gasteiger partial charge in [-0.25, -0.2) is 4.79 Å². The van der Waals surface area contributed by atoms with Crippen LogP contribution in [0.2, 0.25) is 0 Å². The number of anilines is 1. The Morgan fingerprint density at radius 1 is 0.909 bits per heavy atom. The second kappa shape index (κ2) is 7.03. The van der Waals surface area contributed by atoms with E-state index in [0.717, 1.165) is 0 Å². The fraction of sp³-hybridized carbons (Fsp3) is 0.0625. The van der Waals surface area contributed by atoms with Gasteiger partial charge in [0.25, 0.3) is 5.91 Å². The largest absolute Gasteiger partial charge is 0.478 e. The lowest BCUT2D eigenvalue weighted by molar-refractivity contribution is -0.115. The summed E-state index contributed by atoms with van der Waals surface area (Å²) in [6, 6.07) is 14.4. The number of carboxylic acid groups (broad SMARTS) is 1. The monoisotopic (exact) mass is 298 g/mol. The lowest BCUT2D eigenvalue weighted by atomic mass is 10.2. The van der Waals surface area contributed by atoms with E-state index in [1.807, 2.05) is 0 Å². The van der Waals surface area contributed by atoms with E-state index in [-0.39, 0.29) is 18.0 Å². The number of carbonyl (C=O) groups excluding carboxylic acids is 2. The van der Waals surface area contributed by atoms with Gasteiger partial charge >= 0.3 is 5.97 Å². The number of carboxylic acids is 1. The van der Waals surface area contributed by atoms with Gasteiger partial charge in [-0.05, 0) is 30.3 Å². The summed E-state index contributed by atoms with van der Waals surface area (Å²) in [5.74, 6) is -1.87. The SMILES string of the molecule is O=C(CNC(=O)c1ccccc1)Nc1cccc(C(=O)O)c1. The summed E-state index contributed by atoms with van der Waals surface area (Å²) in [4.78, 5) is 34.4. The zero-order valence-electron chi connectivity index (χ0n) is 11.6. The molecular formula is C16H14N2O4. The predicted molar refractivity (Wildman–Crippen MR) is 80.8 cm³/mol. The summed E-state index contributed by atoms with van der Waals surface area (Å²) in [5.41, 5.74) is 0.896. The van der Waals surface area contributed by atoms with Crippen molar-refractivity contribution in [2.75, 3.05) is 11.9 Å². The molecule has 2 amide bonds. The van der Waals surface area contributed by atoms with Crippen molar-refractivity contribution in [3.8, 4) is 0 Å². The normalized spacial score (nSPS) is 9.82. The molecular weight excluding hydrogens is 284 g/mol. The van der Waals surface area contributed by atoms with Crippen LogP contribution >= 0.6 is 0 Å². The third-order valence-corrected chi connectivity index (χ3v) is 2.84. The van der Waals surface area contributed by atoms with Gasteiger partial charge in [-0.1, -0.05) is 24.3 Å². The number of hydrogen-bond donors (Lipinski definition) is 3. The van der Waals surface area contributed by atoms with Crippen LogP contribution in [-0.4, -0.2) is 29.4 Å². The van der Waals surface area contributed by atoms with E-state index in [2.05, 4.69) is 10.6 Å². The van der Waals surface area contributed by atoms with Crippen LogP contribution in [-0.2, 0) is 4.79 Å². The first-order valence-electron chi connectivity index (χ1n) is 6.53. The topological polar surface area (TPSA) is 95.5 Å². The first kappa shape index (κ1) is 15.2. The van der Waals surface area contributed by atoms with Crippen molar-refractivity contribution in [3.05, 3.63) is 65.7 Å². The van der Waals surface area contributed by atoms with Crippen LogP contribution in [0.5, 0.6) is 0 Å². The van der Waals surface area contributed by atoms with Gasteiger partial charge in [-0.2, -0.15) is 0 Å².